The van der Waals surface area contributed by atoms with Gasteiger partial charge in [0.2, 0.25) is 0 Å². The summed E-state index contributed by atoms with van der Waals surface area (Å²) in [6, 6.07) is 6.12. The predicted molar refractivity (Wildman–Crippen MR) is 118 cm³/mol. The molecule has 31 heavy (non-hydrogen) atoms. The standard InChI is InChI=1S/C23H30N6O2/c1-14-11-15(2)18-13-19(23(31)24-20(18)12-14)21(28-9-7-17(30)8-10-28)22-25-26-27-29(22)16-5-3-4-6-16/h11-13,16-17,21,30H,3-10H2,1-2H3,(H,24,31). The summed E-state index contributed by atoms with van der Waals surface area (Å²) in [6.07, 6.45) is 5.57. The van der Waals surface area contributed by atoms with Gasteiger partial charge in [-0.15, -0.1) is 5.10 Å². The lowest BCUT2D eigenvalue weighted by Crippen LogP contribution is -2.42. The van der Waals surface area contributed by atoms with E-state index in [-0.39, 0.29) is 23.7 Å². The Morgan fingerprint density at radius 3 is 2.58 bits per heavy atom. The molecule has 1 saturated heterocycles. The van der Waals surface area contributed by atoms with Crippen LogP contribution in [0.5, 0.6) is 0 Å². The molecule has 1 saturated carbocycles. The molecular weight excluding hydrogens is 392 g/mol. The molecule has 2 aromatic heterocycles. The summed E-state index contributed by atoms with van der Waals surface area (Å²) in [5, 5.41) is 23.9. The minimum atomic E-state index is -0.336. The Morgan fingerprint density at radius 1 is 1.10 bits per heavy atom. The van der Waals surface area contributed by atoms with E-state index in [2.05, 4.69) is 38.4 Å². The van der Waals surface area contributed by atoms with Crippen LogP contribution < -0.4 is 5.56 Å². The van der Waals surface area contributed by atoms with E-state index in [1.807, 2.05) is 23.7 Å². The van der Waals surface area contributed by atoms with Crippen LogP contribution in [0.15, 0.2) is 23.0 Å². The zero-order chi connectivity index (χ0) is 21.5. The van der Waals surface area contributed by atoms with Gasteiger partial charge in [-0.2, -0.15) is 0 Å². The fourth-order valence-corrected chi connectivity index (χ4v) is 5.32. The van der Waals surface area contributed by atoms with Crippen LogP contribution in [0.3, 0.4) is 0 Å². The first-order valence-corrected chi connectivity index (χ1v) is 11.4. The van der Waals surface area contributed by atoms with Gasteiger partial charge in [-0.1, -0.05) is 18.9 Å². The first kappa shape index (κ1) is 20.3. The summed E-state index contributed by atoms with van der Waals surface area (Å²) in [7, 11) is 0. The van der Waals surface area contributed by atoms with Crippen molar-refractivity contribution >= 4 is 10.9 Å². The SMILES string of the molecule is Cc1cc(C)c2cc(C(c3nnnn3C3CCCC3)N3CCC(O)CC3)c(=O)[nH]c2c1. The molecule has 0 spiro atoms. The van der Waals surface area contributed by atoms with E-state index in [9.17, 15) is 9.90 Å². The van der Waals surface area contributed by atoms with Gasteiger partial charge in [-0.25, -0.2) is 4.68 Å². The Hall–Kier alpha value is -2.58. The van der Waals surface area contributed by atoms with E-state index < -0.39 is 0 Å². The van der Waals surface area contributed by atoms with E-state index in [4.69, 9.17) is 0 Å². The van der Waals surface area contributed by atoms with Crippen molar-refractivity contribution in [1.82, 2.24) is 30.1 Å². The van der Waals surface area contributed by atoms with Gasteiger partial charge < -0.3 is 10.1 Å². The molecule has 1 aliphatic heterocycles. The minimum absolute atomic E-state index is 0.102. The second-order valence-corrected chi connectivity index (χ2v) is 9.19. The van der Waals surface area contributed by atoms with Crippen molar-refractivity contribution in [2.45, 2.75) is 70.6 Å². The van der Waals surface area contributed by atoms with Crippen molar-refractivity contribution < 1.29 is 5.11 Å². The zero-order valence-corrected chi connectivity index (χ0v) is 18.2. The molecule has 2 aliphatic rings. The molecule has 1 aromatic carbocycles. The Labute approximate surface area is 181 Å². The van der Waals surface area contributed by atoms with Gasteiger partial charge in [-0.3, -0.25) is 9.69 Å². The first-order chi connectivity index (χ1) is 15.0. The second kappa shape index (κ2) is 8.16. The van der Waals surface area contributed by atoms with Crippen molar-refractivity contribution in [3.63, 3.8) is 0 Å². The lowest BCUT2D eigenvalue weighted by molar-refractivity contribution is 0.0654. The number of aryl methyl sites for hydroxylation is 2. The molecule has 3 heterocycles. The summed E-state index contributed by atoms with van der Waals surface area (Å²) in [6.45, 7) is 5.52. The van der Waals surface area contributed by atoms with Crippen LogP contribution >= 0.6 is 0 Å². The molecule has 3 aromatic rings. The number of nitrogens with zero attached hydrogens (tertiary/aromatic N) is 5. The van der Waals surface area contributed by atoms with E-state index >= 15 is 0 Å². The fraction of sp³-hybridized carbons (Fsp3) is 0.565. The highest BCUT2D eigenvalue weighted by molar-refractivity contribution is 5.83. The van der Waals surface area contributed by atoms with Gasteiger partial charge in [0, 0.05) is 29.6 Å². The van der Waals surface area contributed by atoms with Gasteiger partial charge in [0.1, 0.15) is 6.04 Å². The van der Waals surface area contributed by atoms with E-state index in [1.54, 1.807) is 0 Å². The number of pyridine rings is 1. The number of rotatable bonds is 4. The number of likely N-dealkylation sites (tertiary alicyclic amines) is 1. The maximum Gasteiger partial charge on any atom is 0.253 e. The third-order valence-electron chi connectivity index (χ3n) is 6.93. The molecule has 1 aliphatic carbocycles. The molecule has 2 N–H and O–H groups in total. The summed E-state index contributed by atoms with van der Waals surface area (Å²) >= 11 is 0. The number of aromatic amines is 1. The van der Waals surface area contributed by atoms with Gasteiger partial charge in [-0.05, 0) is 73.2 Å². The molecule has 5 rings (SSSR count). The number of fused-ring (bicyclic) bond motifs is 1. The number of H-pyrrole nitrogens is 1. The molecule has 1 atom stereocenters. The molecule has 1 unspecified atom stereocenters. The topological polar surface area (TPSA) is 99.9 Å². The molecule has 0 amide bonds. The van der Waals surface area contributed by atoms with Crippen molar-refractivity contribution in [3.05, 3.63) is 51.1 Å². The molecule has 8 heteroatoms. The van der Waals surface area contributed by atoms with Gasteiger partial charge in [0.15, 0.2) is 5.82 Å². The third kappa shape index (κ3) is 3.78. The number of aliphatic hydroxyl groups excluding tert-OH is 1. The van der Waals surface area contributed by atoms with Crippen LogP contribution in [0.2, 0.25) is 0 Å². The predicted octanol–water partition coefficient (Wildman–Crippen LogP) is 2.79. The number of benzene rings is 1. The Kier molecular flexibility index (Phi) is 5.35. The number of piperidine rings is 1. The smallest absolute Gasteiger partial charge is 0.253 e. The van der Waals surface area contributed by atoms with Crippen molar-refractivity contribution in [3.8, 4) is 0 Å². The molecule has 2 fully saturated rings. The van der Waals surface area contributed by atoms with Crippen LogP contribution in [0.4, 0.5) is 0 Å². The lowest BCUT2D eigenvalue weighted by atomic mass is 9.97. The number of aliphatic hydroxyl groups is 1. The highest BCUT2D eigenvalue weighted by Crippen LogP contribution is 2.35. The molecule has 0 bridgehead atoms. The van der Waals surface area contributed by atoms with Gasteiger partial charge >= 0.3 is 0 Å². The largest absolute Gasteiger partial charge is 0.393 e. The van der Waals surface area contributed by atoms with E-state index in [1.165, 1.54) is 12.8 Å². The molecule has 164 valence electrons. The highest BCUT2D eigenvalue weighted by atomic mass is 16.3. The summed E-state index contributed by atoms with van der Waals surface area (Å²) in [5.41, 5.74) is 3.68. The van der Waals surface area contributed by atoms with Crippen molar-refractivity contribution in [2.75, 3.05) is 13.1 Å². The Morgan fingerprint density at radius 2 is 1.84 bits per heavy atom. The number of nitrogens with one attached hydrogen (secondary N) is 1. The lowest BCUT2D eigenvalue weighted by Gasteiger charge is -2.35. The van der Waals surface area contributed by atoms with Crippen LogP contribution in [0.25, 0.3) is 10.9 Å². The summed E-state index contributed by atoms with van der Waals surface area (Å²) in [4.78, 5) is 18.7. The van der Waals surface area contributed by atoms with Gasteiger partial charge in [0.05, 0.1) is 12.1 Å². The van der Waals surface area contributed by atoms with E-state index in [0.29, 0.717) is 31.5 Å². The monoisotopic (exact) mass is 422 g/mol. The van der Waals surface area contributed by atoms with Crippen molar-refractivity contribution in [1.29, 1.82) is 0 Å². The summed E-state index contributed by atoms with van der Waals surface area (Å²) < 4.78 is 1.95. The van der Waals surface area contributed by atoms with Crippen LogP contribution in [0.1, 0.15) is 73.1 Å². The maximum atomic E-state index is 13.3. The number of aromatic nitrogens is 5. The summed E-state index contributed by atoms with van der Waals surface area (Å²) in [5.74, 6) is 0.734. The zero-order valence-electron chi connectivity index (χ0n) is 18.2. The Balaban J connectivity index is 1.66. The molecule has 0 radical (unpaired) electrons. The number of hydrogen-bond donors (Lipinski definition) is 2. The fourth-order valence-electron chi connectivity index (χ4n) is 5.32. The number of hydrogen-bond acceptors (Lipinski definition) is 6. The van der Waals surface area contributed by atoms with E-state index in [0.717, 1.165) is 40.7 Å². The average molecular weight is 423 g/mol. The van der Waals surface area contributed by atoms with Gasteiger partial charge in [0.25, 0.3) is 5.56 Å². The first-order valence-electron chi connectivity index (χ1n) is 11.4. The van der Waals surface area contributed by atoms with Crippen LogP contribution in [0, 0.1) is 13.8 Å². The van der Waals surface area contributed by atoms with Crippen molar-refractivity contribution in [2.24, 2.45) is 0 Å². The minimum Gasteiger partial charge on any atom is -0.393 e. The third-order valence-corrected chi connectivity index (χ3v) is 6.93. The van der Waals surface area contributed by atoms with Crippen LogP contribution in [-0.4, -0.2) is 54.4 Å². The maximum absolute atomic E-state index is 13.3. The molecule has 8 nitrogen and oxygen atoms in total. The normalized spacial score (nSPS) is 20.0. The highest BCUT2D eigenvalue weighted by Gasteiger charge is 2.34. The number of tetrazole rings is 1. The quantitative estimate of drug-likeness (QED) is 0.671. The second-order valence-electron chi connectivity index (χ2n) is 9.19. The molecular formula is C23H30N6O2. The average Bonchev–Trinajstić information content (AvgIpc) is 3.42. The Bertz CT molecular complexity index is 1140. The van der Waals surface area contributed by atoms with Crippen LogP contribution in [-0.2, 0) is 0 Å².